The van der Waals surface area contributed by atoms with Crippen molar-refractivity contribution in [3.8, 4) is 0 Å². The Kier molecular flexibility index (Phi) is 7.04. The monoisotopic (exact) mass is 385 g/mol. The van der Waals surface area contributed by atoms with E-state index in [1.165, 1.54) is 46.6 Å². The molecule has 0 saturated heterocycles. The lowest BCUT2D eigenvalue weighted by atomic mass is 10.1. The van der Waals surface area contributed by atoms with Crippen LogP contribution in [0.15, 0.2) is 36.4 Å². The zero-order chi connectivity index (χ0) is 19.1. The standard InChI is InChI=1S/C22H27NO3S/c1-16(12-13-17-8-4-2-5-9-17)23-21(24)15-26-22(25)20-14-18-10-6-3-7-11-19(18)27-20/h2,4-5,8-9,14,16H,3,6-7,10-13,15H2,1H3,(H,23,24)/t16-/m0/s1. The maximum atomic E-state index is 12.3. The van der Waals surface area contributed by atoms with Crippen LogP contribution >= 0.6 is 11.3 Å². The van der Waals surface area contributed by atoms with E-state index in [4.69, 9.17) is 4.74 Å². The van der Waals surface area contributed by atoms with Crippen LogP contribution in [0.1, 0.15) is 58.3 Å². The van der Waals surface area contributed by atoms with Crippen LogP contribution < -0.4 is 5.32 Å². The highest BCUT2D eigenvalue weighted by atomic mass is 32.1. The summed E-state index contributed by atoms with van der Waals surface area (Å²) in [6.45, 7) is 1.75. The molecule has 2 aromatic rings. The maximum Gasteiger partial charge on any atom is 0.348 e. The minimum atomic E-state index is -0.389. The van der Waals surface area contributed by atoms with Crippen molar-refractivity contribution in [3.05, 3.63) is 57.3 Å². The van der Waals surface area contributed by atoms with Gasteiger partial charge in [-0.05, 0) is 62.6 Å². The van der Waals surface area contributed by atoms with E-state index >= 15 is 0 Å². The van der Waals surface area contributed by atoms with Crippen molar-refractivity contribution in [2.45, 2.75) is 57.9 Å². The van der Waals surface area contributed by atoms with E-state index in [1.807, 2.05) is 31.2 Å². The van der Waals surface area contributed by atoms with Crippen molar-refractivity contribution in [1.82, 2.24) is 5.32 Å². The molecule has 0 unspecified atom stereocenters. The Morgan fingerprint density at radius 1 is 1.15 bits per heavy atom. The van der Waals surface area contributed by atoms with Crippen LogP contribution in [0, 0.1) is 0 Å². The van der Waals surface area contributed by atoms with Crippen molar-refractivity contribution in [2.24, 2.45) is 0 Å². The number of hydrogen-bond acceptors (Lipinski definition) is 4. The molecular formula is C22H27NO3S. The van der Waals surface area contributed by atoms with E-state index in [0.717, 1.165) is 25.7 Å². The van der Waals surface area contributed by atoms with Crippen LogP contribution in [0.4, 0.5) is 0 Å². The van der Waals surface area contributed by atoms with Gasteiger partial charge in [-0.1, -0.05) is 36.8 Å². The Balaban J connectivity index is 1.41. The Labute approximate surface area is 164 Å². The molecule has 144 valence electrons. The number of carbonyl (C=O) groups is 2. The molecule has 0 saturated carbocycles. The molecule has 4 nitrogen and oxygen atoms in total. The highest BCUT2D eigenvalue weighted by molar-refractivity contribution is 7.14. The predicted molar refractivity (Wildman–Crippen MR) is 108 cm³/mol. The second kappa shape index (κ2) is 9.70. The Morgan fingerprint density at radius 2 is 1.93 bits per heavy atom. The molecule has 0 spiro atoms. The fourth-order valence-corrected chi connectivity index (χ4v) is 4.53. The summed E-state index contributed by atoms with van der Waals surface area (Å²) < 4.78 is 5.22. The van der Waals surface area contributed by atoms with Gasteiger partial charge in [0.25, 0.3) is 5.91 Å². The fraction of sp³-hybridized carbons (Fsp3) is 0.455. The molecule has 1 amide bonds. The number of carbonyl (C=O) groups excluding carboxylic acids is 2. The number of hydrogen-bond donors (Lipinski definition) is 1. The first-order chi connectivity index (χ1) is 13.1. The summed E-state index contributed by atoms with van der Waals surface area (Å²) in [5.74, 6) is -0.637. The van der Waals surface area contributed by atoms with E-state index in [0.29, 0.717) is 4.88 Å². The molecule has 1 N–H and O–H groups in total. The minimum absolute atomic E-state index is 0.0363. The van der Waals surface area contributed by atoms with Gasteiger partial charge in [0, 0.05) is 10.9 Å². The number of esters is 1. The van der Waals surface area contributed by atoms with Crippen LogP contribution in [0.3, 0.4) is 0 Å². The van der Waals surface area contributed by atoms with E-state index in [9.17, 15) is 9.59 Å². The minimum Gasteiger partial charge on any atom is -0.451 e. The number of benzene rings is 1. The third kappa shape index (κ3) is 5.93. The molecule has 1 aliphatic carbocycles. The molecule has 1 aromatic heterocycles. The van der Waals surface area contributed by atoms with E-state index in [-0.39, 0.29) is 24.5 Å². The third-order valence-corrected chi connectivity index (χ3v) is 6.12. The molecule has 1 aromatic carbocycles. The lowest BCUT2D eigenvalue weighted by Crippen LogP contribution is -2.36. The number of thiophene rings is 1. The van der Waals surface area contributed by atoms with Crippen molar-refractivity contribution in [3.63, 3.8) is 0 Å². The van der Waals surface area contributed by atoms with Crippen LogP contribution in [0.5, 0.6) is 0 Å². The van der Waals surface area contributed by atoms with Gasteiger partial charge < -0.3 is 10.1 Å². The number of amides is 1. The molecule has 27 heavy (non-hydrogen) atoms. The summed E-state index contributed by atoms with van der Waals surface area (Å²) in [5.41, 5.74) is 2.53. The third-order valence-electron chi connectivity index (χ3n) is 4.90. The van der Waals surface area contributed by atoms with Crippen molar-refractivity contribution < 1.29 is 14.3 Å². The first-order valence-electron chi connectivity index (χ1n) is 9.74. The molecule has 0 bridgehead atoms. The summed E-state index contributed by atoms with van der Waals surface area (Å²) in [4.78, 5) is 26.2. The molecule has 0 radical (unpaired) electrons. The first kappa shape index (κ1) is 19.6. The lowest BCUT2D eigenvalue weighted by Gasteiger charge is -2.13. The lowest BCUT2D eigenvalue weighted by molar-refractivity contribution is -0.124. The molecule has 0 aliphatic heterocycles. The van der Waals surface area contributed by atoms with Crippen molar-refractivity contribution in [2.75, 3.05) is 6.61 Å². The fourth-order valence-electron chi connectivity index (χ4n) is 3.39. The first-order valence-corrected chi connectivity index (χ1v) is 10.6. The van der Waals surface area contributed by atoms with Gasteiger partial charge in [-0.2, -0.15) is 0 Å². The zero-order valence-corrected chi connectivity index (χ0v) is 16.6. The maximum absolute atomic E-state index is 12.3. The smallest absolute Gasteiger partial charge is 0.348 e. The van der Waals surface area contributed by atoms with Gasteiger partial charge in [0.05, 0.1) is 0 Å². The normalized spacial score (nSPS) is 14.7. The van der Waals surface area contributed by atoms with Gasteiger partial charge in [0.1, 0.15) is 4.88 Å². The number of fused-ring (bicyclic) bond motifs is 1. The van der Waals surface area contributed by atoms with Gasteiger partial charge in [0.15, 0.2) is 6.61 Å². The summed E-state index contributed by atoms with van der Waals surface area (Å²) in [6, 6.07) is 12.2. The van der Waals surface area contributed by atoms with Crippen LogP contribution in [-0.2, 0) is 28.8 Å². The average molecular weight is 386 g/mol. The van der Waals surface area contributed by atoms with Gasteiger partial charge >= 0.3 is 5.97 Å². The molecular weight excluding hydrogens is 358 g/mol. The Bertz CT molecular complexity index is 746. The number of ether oxygens (including phenoxy) is 1. The highest BCUT2D eigenvalue weighted by Crippen LogP contribution is 2.29. The molecule has 1 aliphatic rings. The number of aryl methyl sites for hydroxylation is 3. The van der Waals surface area contributed by atoms with Gasteiger partial charge in [-0.15, -0.1) is 11.3 Å². The van der Waals surface area contributed by atoms with Crippen LogP contribution in [0.25, 0.3) is 0 Å². The molecule has 0 fully saturated rings. The van der Waals surface area contributed by atoms with Crippen LogP contribution in [0.2, 0.25) is 0 Å². The molecule has 5 heteroatoms. The Morgan fingerprint density at radius 3 is 2.74 bits per heavy atom. The quantitative estimate of drug-likeness (QED) is 0.571. The van der Waals surface area contributed by atoms with Crippen molar-refractivity contribution in [1.29, 1.82) is 0 Å². The van der Waals surface area contributed by atoms with E-state index < -0.39 is 0 Å². The topological polar surface area (TPSA) is 55.4 Å². The Hall–Kier alpha value is -2.14. The zero-order valence-electron chi connectivity index (χ0n) is 15.8. The average Bonchev–Trinajstić information content (AvgIpc) is 2.96. The van der Waals surface area contributed by atoms with Gasteiger partial charge in [-0.3, -0.25) is 4.79 Å². The summed E-state index contributed by atoms with van der Waals surface area (Å²) >= 11 is 1.52. The highest BCUT2D eigenvalue weighted by Gasteiger charge is 2.18. The predicted octanol–water partition coefficient (Wildman–Crippen LogP) is 4.31. The second-order valence-electron chi connectivity index (χ2n) is 7.19. The summed E-state index contributed by atoms with van der Waals surface area (Å²) in [7, 11) is 0. The summed E-state index contributed by atoms with van der Waals surface area (Å²) in [5, 5.41) is 2.90. The SMILES string of the molecule is C[C@@H](CCc1ccccc1)NC(=O)COC(=O)c1cc2c(s1)CCCCC2. The largest absolute Gasteiger partial charge is 0.451 e. The van der Waals surface area contributed by atoms with E-state index in [2.05, 4.69) is 17.4 Å². The van der Waals surface area contributed by atoms with E-state index in [1.54, 1.807) is 0 Å². The summed E-state index contributed by atoms with van der Waals surface area (Å²) in [6.07, 6.45) is 7.46. The number of nitrogens with one attached hydrogen (secondary N) is 1. The molecule has 1 atom stereocenters. The van der Waals surface area contributed by atoms with Crippen LogP contribution in [-0.4, -0.2) is 24.5 Å². The second-order valence-corrected chi connectivity index (χ2v) is 8.33. The van der Waals surface area contributed by atoms with Gasteiger partial charge in [-0.25, -0.2) is 4.79 Å². The molecule has 1 heterocycles. The number of rotatable bonds is 7. The molecule has 3 rings (SSSR count). The van der Waals surface area contributed by atoms with Gasteiger partial charge in [0.2, 0.25) is 0 Å². The van der Waals surface area contributed by atoms with Crippen molar-refractivity contribution >= 4 is 23.2 Å².